The first-order valence-electron chi connectivity index (χ1n) is 5.43. The van der Waals surface area contributed by atoms with Gasteiger partial charge >= 0.3 is 0 Å². The average Bonchev–Trinajstić information content (AvgIpc) is 2.69. The normalized spacial score (nSPS) is 13.2. The van der Waals surface area contributed by atoms with E-state index in [1.54, 1.807) is 0 Å². The van der Waals surface area contributed by atoms with E-state index < -0.39 is 0 Å². The smallest absolute Gasteiger partial charge is 0.0729 e. The van der Waals surface area contributed by atoms with E-state index in [1.165, 1.54) is 29.8 Å². The van der Waals surface area contributed by atoms with Crippen molar-refractivity contribution >= 4 is 24.8 Å². The summed E-state index contributed by atoms with van der Waals surface area (Å²) in [5, 5.41) is 8.17. The Labute approximate surface area is 113 Å². The summed E-state index contributed by atoms with van der Waals surface area (Å²) in [7, 11) is 0. The van der Waals surface area contributed by atoms with Gasteiger partial charge in [-0.25, -0.2) is 4.68 Å². The van der Waals surface area contributed by atoms with Gasteiger partial charge in [0.05, 0.1) is 17.6 Å². The standard InChI is InChI=1S/C12H13N3.2ClH/c1-3-7-11-9-13-14-15(11)12-8-4-2-6-10(12)5-1;;/h2,4,6,8-9H,1,3,5,7H2;2*1H. The highest BCUT2D eigenvalue weighted by Gasteiger charge is 2.12. The second-order valence-corrected chi connectivity index (χ2v) is 3.97. The number of fused-ring (bicyclic) bond motifs is 3. The molecule has 0 N–H and O–H groups in total. The molecule has 3 rings (SSSR count). The zero-order chi connectivity index (χ0) is 10.1. The van der Waals surface area contributed by atoms with Crippen LogP contribution in [-0.4, -0.2) is 15.0 Å². The Bertz CT molecular complexity index is 482. The van der Waals surface area contributed by atoms with E-state index in [1.807, 2.05) is 10.9 Å². The molecule has 0 fully saturated rings. The van der Waals surface area contributed by atoms with Gasteiger partial charge in [-0.05, 0) is 37.3 Å². The quantitative estimate of drug-likeness (QED) is 0.738. The van der Waals surface area contributed by atoms with Gasteiger partial charge in [0.25, 0.3) is 0 Å². The maximum atomic E-state index is 4.17. The number of aromatic nitrogens is 3. The number of rotatable bonds is 0. The Morgan fingerprint density at radius 3 is 2.65 bits per heavy atom. The van der Waals surface area contributed by atoms with Crippen LogP contribution in [0.1, 0.15) is 24.1 Å². The second-order valence-electron chi connectivity index (χ2n) is 3.97. The number of benzene rings is 1. The monoisotopic (exact) mass is 271 g/mol. The molecule has 3 nitrogen and oxygen atoms in total. The Morgan fingerprint density at radius 2 is 1.76 bits per heavy atom. The van der Waals surface area contributed by atoms with Gasteiger partial charge in [-0.3, -0.25) is 0 Å². The van der Waals surface area contributed by atoms with Crippen LogP contribution in [0.25, 0.3) is 5.69 Å². The fourth-order valence-corrected chi connectivity index (χ4v) is 2.18. The van der Waals surface area contributed by atoms with Crippen LogP contribution in [0.3, 0.4) is 0 Å². The Hall–Kier alpha value is -1.06. The minimum absolute atomic E-state index is 0. The highest BCUT2D eigenvalue weighted by atomic mass is 35.5. The van der Waals surface area contributed by atoms with Crippen LogP contribution in [-0.2, 0) is 12.8 Å². The van der Waals surface area contributed by atoms with E-state index in [-0.39, 0.29) is 24.8 Å². The van der Waals surface area contributed by atoms with E-state index in [9.17, 15) is 0 Å². The van der Waals surface area contributed by atoms with Crippen molar-refractivity contribution < 1.29 is 0 Å². The third-order valence-corrected chi connectivity index (χ3v) is 2.97. The summed E-state index contributed by atoms with van der Waals surface area (Å²) in [6.07, 6.45) is 6.59. The number of halogens is 2. The first-order valence-corrected chi connectivity index (χ1v) is 5.43. The molecule has 0 saturated heterocycles. The number of nitrogens with zero attached hydrogens (tertiary/aromatic N) is 3. The van der Waals surface area contributed by atoms with Crippen molar-refractivity contribution in [2.45, 2.75) is 25.7 Å². The summed E-state index contributed by atoms with van der Waals surface area (Å²) in [5.74, 6) is 0. The van der Waals surface area contributed by atoms with Gasteiger partial charge in [0, 0.05) is 0 Å². The summed E-state index contributed by atoms with van der Waals surface area (Å²) in [6.45, 7) is 0. The lowest BCUT2D eigenvalue weighted by molar-refractivity contribution is 0.660. The van der Waals surface area contributed by atoms with Gasteiger partial charge in [0.1, 0.15) is 0 Å². The van der Waals surface area contributed by atoms with Crippen molar-refractivity contribution in [1.29, 1.82) is 0 Å². The summed E-state index contributed by atoms with van der Waals surface area (Å²) in [4.78, 5) is 0. The lowest BCUT2D eigenvalue weighted by atomic mass is 10.0. The van der Waals surface area contributed by atoms with Crippen LogP contribution in [0, 0.1) is 0 Å². The average molecular weight is 272 g/mol. The molecule has 0 aliphatic carbocycles. The number of aryl methyl sites for hydroxylation is 2. The molecule has 0 radical (unpaired) electrons. The molecule has 1 aromatic carbocycles. The van der Waals surface area contributed by atoms with E-state index in [2.05, 4.69) is 34.6 Å². The fraction of sp³-hybridized carbons (Fsp3) is 0.333. The van der Waals surface area contributed by atoms with Gasteiger partial charge in [0.2, 0.25) is 0 Å². The fourth-order valence-electron chi connectivity index (χ4n) is 2.18. The van der Waals surface area contributed by atoms with Crippen molar-refractivity contribution in [3.8, 4) is 5.69 Å². The summed E-state index contributed by atoms with van der Waals surface area (Å²) in [5.41, 5.74) is 3.80. The molecular formula is C12H15Cl2N3. The van der Waals surface area contributed by atoms with Crippen LogP contribution in [0.15, 0.2) is 30.5 Å². The predicted octanol–water partition coefficient (Wildman–Crippen LogP) is 2.99. The van der Waals surface area contributed by atoms with E-state index in [4.69, 9.17) is 0 Å². The van der Waals surface area contributed by atoms with E-state index in [0.29, 0.717) is 0 Å². The molecule has 0 spiro atoms. The van der Waals surface area contributed by atoms with Gasteiger partial charge < -0.3 is 0 Å². The molecule has 0 atom stereocenters. The molecule has 1 aromatic heterocycles. The zero-order valence-corrected chi connectivity index (χ0v) is 11.0. The van der Waals surface area contributed by atoms with Crippen molar-refractivity contribution in [2.24, 2.45) is 0 Å². The maximum Gasteiger partial charge on any atom is 0.0729 e. The van der Waals surface area contributed by atoms with Crippen molar-refractivity contribution in [1.82, 2.24) is 15.0 Å². The molecule has 92 valence electrons. The minimum atomic E-state index is 0. The van der Waals surface area contributed by atoms with Crippen molar-refractivity contribution in [2.75, 3.05) is 0 Å². The molecule has 0 amide bonds. The van der Waals surface area contributed by atoms with Crippen LogP contribution in [0.5, 0.6) is 0 Å². The molecule has 17 heavy (non-hydrogen) atoms. The molecule has 0 saturated carbocycles. The van der Waals surface area contributed by atoms with Gasteiger partial charge in [0.15, 0.2) is 0 Å². The maximum absolute atomic E-state index is 4.17. The summed E-state index contributed by atoms with van der Waals surface area (Å²) >= 11 is 0. The van der Waals surface area contributed by atoms with Crippen molar-refractivity contribution in [3.63, 3.8) is 0 Å². The molecule has 2 aromatic rings. The van der Waals surface area contributed by atoms with Crippen LogP contribution < -0.4 is 0 Å². The first-order chi connectivity index (χ1) is 7.45. The van der Waals surface area contributed by atoms with Crippen LogP contribution >= 0.6 is 24.8 Å². The molecule has 0 unspecified atom stereocenters. The second kappa shape index (κ2) is 6.03. The Morgan fingerprint density at radius 1 is 1.00 bits per heavy atom. The van der Waals surface area contributed by atoms with Gasteiger partial charge in [-0.1, -0.05) is 23.4 Å². The third-order valence-electron chi connectivity index (χ3n) is 2.97. The minimum Gasteiger partial charge on any atom is -0.217 e. The molecule has 1 aliphatic rings. The molecule has 0 bridgehead atoms. The van der Waals surface area contributed by atoms with Gasteiger partial charge in [-0.15, -0.1) is 29.9 Å². The number of hydrogen-bond acceptors (Lipinski definition) is 2. The van der Waals surface area contributed by atoms with E-state index in [0.717, 1.165) is 12.8 Å². The Kier molecular flexibility index (Phi) is 4.97. The lowest BCUT2D eigenvalue weighted by Crippen LogP contribution is -2.08. The first kappa shape index (κ1) is 14.0. The number of hydrogen-bond donors (Lipinski definition) is 0. The molecular weight excluding hydrogens is 257 g/mol. The molecule has 1 aliphatic heterocycles. The largest absolute Gasteiger partial charge is 0.217 e. The zero-order valence-electron chi connectivity index (χ0n) is 9.37. The van der Waals surface area contributed by atoms with Gasteiger partial charge in [-0.2, -0.15) is 0 Å². The van der Waals surface area contributed by atoms with Crippen LogP contribution in [0.2, 0.25) is 0 Å². The summed E-state index contributed by atoms with van der Waals surface area (Å²) in [6, 6.07) is 8.47. The lowest BCUT2D eigenvalue weighted by Gasteiger charge is -2.14. The number of para-hydroxylation sites is 1. The molecule has 2 heterocycles. The predicted molar refractivity (Wildman–Crippen MR) is 72.5 cm³/mol. The SMILES string of the molecule is Cl.Cl.c1ccc2c(c1)CCCCc1cnnn1-2. The summed E-state index contributed by atoms with van der Waals surface area (Å²) < 4.78 is 1.98. The van der Waals surface area contributed by atoms with E-state index >= 15 is 0 Å². The topological polar surface area (TPSA) is 30.7 Å². The molecule has 5 heteroatoms. The Balaban J connectivity index is 0.000000722. The highest BCUT2D eigenvalue weighted by Crippen LogP contribution is 2.21. The van der Waals surface area contributed by atoms with Crippen LogP contribution in [0.4, 0.5) is 0 Å². The highest BCUT2D eigenvalue weighted by molar-refractivity contribution is 5.85. The van der Waals surface area contributed by atoms with Crippen molar-refractivity contribution in [3.05, 3.63) is 41.7 Å². The third kappa shape index (κ3) is 2.61.